The fourth-order valence-corrected chi connectivity index (χ4v) is 1.30. The van der Waals surface area contributed by atoms with Crippen LogP contribution in [0.5, 0.6) is 0 Å². The van der Waals surface area contributed by atoms with Crippen LogP contribution < -0.4 is 10.6 Å². The highest BCUT2D eigenvalue weighted by Crippen LogP contribution is 2.06. The number of hydrogen-bond donors (Lipinski definition) is 2. The summed E-state index contributed by atoms with van der Waals surface area (Å²) in [6.07, 6.45) is 1.29. The van der Waals surface area contributed by atoms with Crippen molar-refractivity contribution >= 4 is 17.4 Å². The molecule has 0 bridgehead atoms. The highest BCUT2D eigenvalue weighted by atomic mass is 32.1. The molecule has 14 heavy (non-hydrogen) atoms. The van der Waals surface area contributed by atoms with Gasteiger partial charge in [-0.1, -0.05) is 0 Å². The summed E-state index contributed by atoms with van der Waals surface area (Å²) < 4.78 is 4.93. The largest absolute Gasteiger partial charge is 0.444 e. The molecule has 1 aromatic heterocycles. The number of aromatic nitrogens is 1. The summed E-state index contributed by atoms with van der Waals surface area (Å²) in [6.45, 7) is 1.59. The molecule has 2 N–H and O–H groups in total. The molecule has 0 aromatic carbocycles. The Hall–Kier alpha value is -1.14. The molecule has 0 radical (unpaired) electrons. The van der Waals surface area contributed by atoms with Gasteiger partial charge in [-0.05, 0) is 7.05 Å². The van der Waals surface area contributed by atoms with E-state index in [2.05, 4.69) is 15.6 Å². The molecule has 1 heterocycles. The van der Waals surface area contributed by atoms with E-state index >= 15 is 0 Å². The van der Waals surface area contributed by atoms with Gasteiger partial charge in [0.2, 0.25) is 0 Å². The molecule has 0 fully saturated rings. The molecule has 5 nitrogen and oxygen atoms in total. The van der Waals surface area contributed by atoms with Crippen LogP contribution in [0.2, 0.25) is 0 Å². The maximum Gasteiger partial charge on any atom is 0.407 e. The van der Waals surface area contributed by atoms with E-state index in [-0.39, 0.29) is 6.61 Å². The van der Waals surface area contributed by atoms with Gasteiger partial charge in [-0.3, -0.25) is 4.98 Å². The van der Waals surface area contributed by atoms with E-state index < -0.39 is 6.09 Å². The average Bonchev–Trinajstić information content (AvgIpc) is 2.68. The molecule has 0 unspecified atom stereocenters. The predicted octanol–water partition coefficient (Wildman–Crippen LogP) is 0.589. The number of rotatable bonds is 5. The molecule has 0 spiro atoms. The van der Waals surface area contributed by atoms with Crippen LogP contribution in [0.1, 0.15) is 4.88 Å². The van der Waals surface area contributed by atoms with E-state index in [0.29, 0.717) is 6.54 Å². The molecule has 0 aliphatic carbocycles. The average molecular weight is 215 g/mol. The third-order valence-electron chi connectivity index (χ3n) is 1.47. The lowest BCUT2D eigenvalue weighted by Gasteiger charge is -2.04. The van der Waals surface area contributed by atoms with Crippen molar-refractivity contribution in [2.45, 2.75) is 6.61 Å². The molecule has 1 aromatic rings. The number of carbonyl (C=O) groups is 1. The third-order valence-corrected chi connectivity index (χ3v) is 2.23. The van der Waals surface area contributed by atoms with Gasteiger partial charge in [0.05, 0.1) is 10.4 Å². The van der Waals surface area contributed by atoms with Crippen LogP contribution in [0.15, 0.2) is 11.7 Å². The van der Waals surface area contributed by atoms with Crippen molar-refractivity contribution < 1.29 is 9.53 Å². The number of hydrogen-bond acceptors (Lipinski definition) is 5. The summed E-state index contributed by atoms with van der Waals surface area (Å²) in [5, 5.41) is 5.52. The van der Waals surface area contributed by atoms with E-state index in [1.807, 2.05) is 7.05 Å². The van der Waals surface area contributed by atoms with Crippen LogP contribution in [0.3, 0.4) is 0 Å². The first-order chi connectivity index (χ1) is 6.83. The molecular weight excluding hydrogens is 202 g/mol. The van der Waals surface area contributed by atoms with Crippen LogP contribution in [0, 0.1) is 0 Å². The lowest BCUT2D eigenvalue weighted by Crippen LogP contribution is -2.30. The summed E-state index contributed by atoms with van der Waals surface area (Å²) in [5.74, 6) is 0. The first kappa shape index (κ1) is 10.9. The Morgan fingerprint density at radius 1 is 1.64 bits per heavy atom. The number of thiazole rings is 1. The number of likely N-dealkylation sites (N-methyl/N-ethyl adjacent to an activating group) is 1. The number of amides is 1. The predicted molar refractivity (Wildman–Crippen MR) is 54.2 cm³/mol. The van der Waals surface area contributed by atoms with E-state index in [0.717, 1.165) is 11.4 Å². The second-order valence-corrected chi connectivity index (χ2v) is 3.55. The molecule has 78 valence electrons. The van der Waals surface area contributed by atoms with Crippen LogP contribution in [0.25, 0.3) is 0 Å². The highest BCUT2D eigenvalue weighted by molar-refractivity contribution is 7.09. The van der Waals surface area contributed by atoms with Crippen molar-refractivity contribution in [3.8, 4) is 0 Å². The molecule has 0 saturated heterocycles. The molecule has 0 aliphatic rings. The number of nitrogens with one attached hydrogen (secondary N) is 2. The van der Waals surface area contributed by atoms with Gasteiger partial charge >= 0.3 is 6.09 Å². The minimum absolute atomic E-state index is 0.288. The number of alkyl carbamates (subject to hydrolysis) is 1. The van der Waals surface area contributed by atoms with Gasteiger partial charge in [0.25, 0.3) is 0 Å². The third kappa shape index (κ3) is 4.20. The molecular formula is C8H13N3O2S. The summed E-state index contributed by atoms with van der Waals surface area (Å²) in [5.41, 5.74) is 1.71. The van der Waals surface area contributed by atoms with E-state index in [4.69, 9.17) is 4.74 Å². The first-order valence-corrected chi connectivity index (χ1v) is 5.13. The van der Waals surface area contributed by atoms with Crippen molar-refractivity contribution in [1.82, 2.24) is 15.6 Å². The maximum absolute atomic E-state index is 11.0. The lowest BCUT2D eigenvalue weighted by molar-refractivity contribution is 0.141. The smallest absolute Gasteiger partial charge is 0.407 e. The van der Waals surface area contributed by atoms with Crippen LogP contribution in [-0.2, 0) is 11.3 Å². The molecule has 0 aliphatic heterocycles. The van der Waals surface area contributed by atoms with Gasteiger partial charge in [-0.2, -0.15) is 0 Å². The van der Waals surface area contributed by atoms with Gasteiger partial charge in [-0.25, -0.2) is 4.79 Å². The fourth-order valence-electron chi connectivity index (χ4n) is 0.791. The van der Waals surface area contributed by atoms with Crippen molar-refractivity contribution in [3.05, 3.63) is 16.6 Å². The Bertz CT molecular complexity index is 264. The van der Waals surface area contributed by atoms with E-state index in [9.17, 15) is 4.79 Å². The highest BCUT2D eigenvalue weighted by Gasteiger charge is 2.01. The van der Waals surface area contributed by atoms with E-state index in [1.54, 1.807) is 11.7 Å². The monoisotopic (exact) mass is 215 g/mol. The Morgan fingerprint density at radius 3 is 3.14 bits per heavy atom. The van der Waals surface area contributed by atoms with E-state index in [1.165, 1.54) is 11.3 Å². The first-order valence-electron chi connectivity index (χ1n) is 4.25. The summed E-state index contributed by atoms with van der Waals surface area (Å²) in [4.78, 5) is 15.8. The van der Waals surface area contributed by atoms with Gasteiger partial charge in [-0.15, -0.1) is 11.3 Å². The SMILES string of the molecule is CNCCNC(=O)OCc1cncs1. The number of carbonyl (C=O) groups excluding carboxylic acids is 1. The zero-order valence-electron chi connectivity index (χ0n) is 7.95. The fraction of sp³-hybridized carbons (Fsp3) is 0.500. The summed E-state index contributed by atoms with van der Waals surface area (Å²) in [6, 6.07) is 0. The molecule has 0 atom stereocenters. The van der Waals surface area contributed by atoms with Gasteiger partial charge in [0.15, 0.2) is 0 Å². The summed E-state index contributed by atoms with van der Waals surface area (Å²) >= 11 is 1.46. The van der Waals surface area contributed by atoms with Crippen molar-refractivity contribution in [2.75, 3.05) is 20.1 Å². The lowest BCUT2D eigenvalue weighted by atomic mass is 10.6. The van der Waals surface area contributed by atoms with Crippen molar-refractivity contribution in [3.63, 3.8) is 0 Å². The van der Waals surface area contributed by atoms with Crippen molar-refractivity contribution in [2.24, 2.45) is 0 Å². The Labute approximate surface area is 86.5 Å². The van der Waals surface area contributed by atoms with Crippen molar-refractivity contribution in [1.29, 1.82) is 0 Å². The standard InChI is InChI=1S/C8H13N3O2S/c1-9-2-3-11-8(12)13-5-7-4-10-6-14-7/h4,6,9H,2-3,5H2,1H3,(H,11,12). The number of ether oxygens (including phenoxy) is 1. The van der Waals surface area contributed by atoms with Gasteiger partial charge in [0, 0.05) is 19.3 Å². The Kier molecular flexibility index (Phi) is 4.95. The van der Waals surface area contributed by atoms with Gasteiger partial charge < -0.3 is 15.4 Å². The maximum atomic E-state index is 11.0. The Balaban J connectivity index is 2.09. The second kappa shape index (κ2) is 6.33. The second-order valence-electron chi connectivity index (χ2n) is 2.57. The van der Waals surface area contributed by atoms with Gasteiger partial charge in [0.1, 0.15) is 6.61 Å². The van der Waals surface area contributed by atoms with Crippen LogP contribution >= 0.6 is 11.3 Å². The van der Waals surface area contributed by atoms with Crippen LogP contribution in [-0.4, -0.2) is 31.2 Å². The Morgan fingerprint density at radius 2 is 2.50 bits per heavy atom. The quantitative estimate of drug-likeness (QED) is 0.706. The summed E-state index contributed by atoms with van der Waals surface area (Å²) in [7, 11) is 1.82. The molecule has 0 saturated carbocycles. The minimum Gasteiger partial charge on any atom is -0.444 e. The molecule has 1 amide bonds. The normalized spacial score (nSPS) is 9.79. The zero-order chi connectivity index (χ0) is 10.2. The minimum atomic E-state index is -0.395. The molecule has 1 rings (SSSR count). The van der Waals surface area contributed by atoms with Crippen LogP contribution in [0.4, 0.5) is 4.79 Å². The molecule has 6 heteroatoms. The zero-order valence-corrected chi connectivity index (χ0v) is 8.76. The topological polar surface area (TPSA) is 63.2 Å². The number of nitrogens with zero attached hydrogens (tertiary/aromatic N) is 1.